The number of carboxylic acids is 1. The molecule has 1 aromatic rings. The van der Waals surface area contributed by atoms with E-state index in [1.165, 1.54) is 6.07 Å². The molecule has 0 atom stereocenters. The van der Waals surface area contributed by atoms with Crippen molar-refractivity contribution in [1.82, 2.24) is 0 Å². The lowest BCUT2D eigenvalue weighted by Gasteiger charge is -2.32. The number of carboxylic acid groups (broad SMARTS) is 1. The minimum absolute atomic E-state index is 0.154. The Morgan fingerprint density at radius 1 is 1.42 bits per heavy atom. The van der Waals surface area contributed by atoms with E-state index >= 15 is 0 Å². The average molecular weight is 265 g/mol. The van der Waals surface area contributed by atoms with E-state index in [9.17, 15) is 9.18 Å². The van der Waals surface area contributed by atoms with Crippen LogP contribution in [-0.4, -0.2) is 24.2 Å². The van der Waals surface area contributed by atoms with Gasteiger partial charge < -0.3 is 10.0 Å². The van der Waals surface area contributed by atoms with Gasteiger partial charge in [0.1, 0.15) is 5.82 Å². The average Bonchev–Trinajstić information content (AvgIpc) is 2.39. The summed E-state index contributed by atoms with van der Waals surface area (Å²) in [5, 5.41) is 8.62. The molecule has 2 rings (SSSR count). The first-order chi connectivity index (χ1) is 9.09. The predicted octanol–water partition coefficient (Wildman–Crippen LogP) is 3.14. The molecule has 1 heterocycles. The lowest BCUT2D eigenvalue weighted by molar-refractivity contribution is -0.137. The van der Waals surface area contributed by atoms with Gasteiger partial charge in [0, 0.05) is 19.5 Å². The first kappa shape index (κ1) is 13.8. The van der Waals surface area contributed by atoms with E-state index in [0.29, 0.717) is 6.42 Å². The third-order valence-electron chi connectivity index (χ3n) is 3.71. The molecule has 4 heteroatoms. The normalized spacial score (nSPS) is 14.3. The first-order valence-electron chi connectivity index (χ1n) is 6.84. The number of hydrogen-bond acceptors (Lipinski definition) is 2. The second-order valence-electron chi connectivity index (χ2n) is 5.13. The molecule has 0 unspecified atom stereocenters. The zero-order chi connectivity index (χ0) is 13.8. The SMILES string of the molecule is Cc1ccc(F)c2c1CCCN2CCCCC(=O)O. The van der Waals surface area contributed by atoms with Crippen molar-refractivity contribution < 1.29 is 14.3 Å². The Hall–Kier alpha value is -1.58. The summed E-state index contributed by atoms with van der Waals surface area (Å²) in [6, 6.07) is 3.37. The van der Waals surface area contributed by atoms with Gasteiger partial charge in [-0.25, -0.2) is 4.39 Å². The molecule has 0 aromatic heterocycles. The molecule has 1 aliphatic heterocycles. The molecule has 1 N–H and O–H groups in total. The van der Waals surface area contributed by atoms with E-state index in [-0.39, 0.29) is 12.2 Å². The number of benzene rings is 1. The molecule has 1 aliphatic rings. The Morgan fingerprint density at radius 2 is 2.21 bits per heavy atom. The molecule has 0 fully saturated rings. The van der Waals surface area contributed by atoms with Gasteiger partial charge in [-0.15, -0.1) is 0 Å². The predicted molar refractivity (Wildman–Crippen MR) is 73.2 cm³/mol. The maximum absolute atomic E-state index is 14.0. The number of carbonyl (C=O) groups is 1. The number of hydrogen-bond donors (Lipinski definition) is 1. The van der Waals surface area contributed by atoms with Crippen LogP contribution in [0.4, 0.5) is 10.1 Å². The number of unbranched alkanes of at least 4 members (excludes halogenated alkanes) is 1. The van der Waals surface area contributed by atoms with E-state index in [1.807, 2.05) is 13.0 Å². The van der Waals surface area contributed by atoms with Crippen molar-refractivity contribution in [2.24, 2.45) is 0 Å². The quantitative estimate of drug-likeness (QED) is 0.831. The Labute approximate surface area is 113 Å². The van der Waals surface area contributed by atoms with Crippen LogP contribution < -0.4 is 4.90 Å². The number of fused-ring (bicyclic) bond motifs is 1. The summed E-state index contributed by atoms with van der Waals surface area (Å²) in [6.45, 7) is 3.62. The third kappa shape index (κ3) is 3.25. The van der Waals surface area contributed by atoms with Crippen molar-refractivity contribution in [2.75, 3.05) is 18.0 Å². The minimum Gasteiger partial charge on any atom is -0.481 e. The van der Waals surface area contributed by atoms with Crippen LogP contribution in [0.25, 0.3) is 0 Å². The molecule has 104 valence electrons. The van der Waals surface area contributed by atoms with Gasteiger partial charge in [0.15, 0.2) is 0 Å². The van der Waals surface area contributed by atoms with Crippen molar-refractivity contribution in [1.29, 1.82) is 0 Å². The van der Waals surface area contributed by atoms with Gasteiger partial charge >= 0.3 is 5.97 Å². The van der Waals surface area contributed by atoms with Gasteiger partial charge in [0.25, 0.3) is 0 Å². The maximum atomic E-state index is 14.0. The molecule has 19 heavy (non-hydrogen) atoms. The summed E-state index contributed by atoms with van der Waals surface area (Å²) >= 11 is 0. The van der Waals surface area contributed by atoms with E-state index in [4.69, 9.17) is 5.11 Å². The van der Waals surface area contributed by atoms with Gasteiger partial charge in [0.05, 0.1) is 5.69 Å². The van der Waals surface area contributed by atoms with Crippen molar-refractivity contribution in [3.05, 3.63) is 29.1 Å². The van der Waals surface area contributed by atoms with Crippen molar-refractivity contribution >= 4 is 11.7 Å². The fourth-order valence-corrected chi connectivity index (χ4v) is 2.73. The molecule has 0 amide bonds. The Balaban J connectivity index is 2.05. The summed E-state index contributed by atoms with van der Waals surface area (Å²) in [7, 11) is 0. The van der Waals surface area contributed by atoms with Gasteiger partial charge in [-0.2, -0.15) is 0 Å². The van der Waals surface area contributed by atoms with Crippen molar-refractivity contribution in [3.63, 3.8) is 0 Å². The number of aryl methyl sites for hydroxylation is 1. The van der Waals surface area contributed by atoms with Crippen LogP contribution in [0, 0.1) is 12.7 Å². The molecular formula is C15H20FNO2. The van der Waals surface area contributed by atoms with Crippen LogP contribution in [0.3, 0.4) is 0 Å². The number of anilines is 1. The van der Waals surface area contributed by atoms with Crippen LogP contribution in [0.2, 0.25) is 0 Å². The second kappa shape index (κ2) is 6.04. The van der Waals surface area contributed by atoms with Crippen molar-refractivity contribution in [3.8, 4) is 0 Å². The van der Waals surface area contributed by atoms with E-state index < -0.39 is 5.97 Å². The Kier molecular flexibility index (Phi) is 4.40. The highest BCUT2D eigenvalue weighted by molar-refractivity contribution is 5.66. The molecular weight excluding hydrogens is 245 g/mol. The molecule has 0 spiro atoms. The highest BCUT2D eigenvalue weighted by Crippen LogP contribution is 2.32. The molecule has 0 saturated heterocycles. The van der Waals surface area contributed by atoms with Crippen LogP contribution >= 0.6 is 0 Å². The number of halogens is 1. The Bertz CT molecular complexity index is 473. The highest BCUT2D eigenvalue weighted by Gasteiger charge is 2.21. The summed E-state index contributed by atoms with van der Waals surface area (Å²) in [4.78, 5) is 12.5. The fourth-order valence-electron chi connectivity index (χ4n) is 2.73. The molecule has 3 nitrogen and oxygen atoms in total. The fraction of sp³-hybridized carbons (Fsp3) is 0.533. The molecule has 0 saturated carbocycles. The monoisotopic (exact) mass is 265 g/mol. The summed E-state index contributed by atoms with van der Waals surface area (Å²) in [6.07, 6.45) is 3.60. The molecule has 0 radical (unpaired) electrons. The van der Waals surface area contributed by atoms with Crippen LogP contribution in [0.1, 0.15) is 36.8 Å². The van der Waals surface area contributed by atoms with E-state index in [2.05, 4.69) is 4.90 Å². The van der Waals surface area contributed by atoms with Gasteiger partial charge in [0.2, 0.25) is 0 Å². The van der Waals surface area contributed by atoms with Crippen LogP contribution in [0.15, 0.2) is 12.1 Å². The first-order valence-corrected chi connectivity index (χ1v) is 6.84. The van der Waals surface area contributed by atoms with E-state index in [1.54, 1.807) is 0 Å². The zero-order valence-electron chi connectivity index (χ0n) is 11.3. The molecule has 0 aliphatic carbocycles. The lowest BCUT2D eigenvalue weighted by atomic mass is 9.96. The Morgan fingerprint density at radius 3 is 2.95 bits per heavy atom. The number of rotatable bonds is 5. The largest absolute Gasteiger partial charge is 0.481 e. The highest BCUT2D eigenvalue weighted by atomic mass is 19.1. The standard InChI is InChI=1S/C15H20FNO2/c1-11-7-8-13(16)15-12(11)5-4-10-17(15)9-3-2-6-14(18)19/h7-8H,2-6,9-10H2,1H3,(H,18,19). The van der Waals surface area contributed by atoms with Crippen LogP contribution in [-0.2, 0) is 11.2 Å². The van der Waals surface area contributed by atoms with Gasteiger partial charge in [-0.3, -0.25) is 4.79 Å². The maximum Gasteiger partial charge on any atom is 0.303 e. The number of nitrogens with zero attached hydrogens (tertiary/aromatic N) is 1. The summed E-state index contributed by atoms with van der Waals surface area (Å²) in [5.74, 6) is -0.917. The van der Waals surface area contributed by atoms with Gasteiger partial charge in [-0.05, 0) is 49.8 Å². The lowest BCUT2D eigenvalue weighted by Crippen LogP contribution is -2.31. The van der Waals surface area contributed by atoms with E-state index in [0.717, 1.165) is 49.2 Å². The zero-order valence-corrected chi connectivity index (χ0v) is 11.3. The topological polar surface area (TPSA) is 40.5 Å². The molecule has 1 aromatic carbocycles. The second-order valence-corrected chi connectivity index (χ2v) is 5.13. The summed E-state index contributed by atoms with van der Waals surface area (Å²) in [5.41, 5.74) is 3.00. The minimum atomic E-state index is -0.763. The van der Waals surface area contributed by atoms with Crippen LogP contribution in [0.5, 0.6) is 0 Å². The van der Waals surface area contributed by atoms with Crippen molar-refractivity contribution in [2.45, 2.75) is 39.0 Å². The molecule has 0 bridgehead atoms. The third-order valence-corrected chi connectivity index (χ3v) is 3.71. The van der Waals surface area contributed by atoms with Gasteiger partial charge in [-0.1, -0.05) is 6.07 Å². The number of aliphatic carboxylic acids is 1. The summed E-state index contributed by atoms with van der Waals surface area (Å²) < 4.78 is 14.0. The smallest absolute Gasteiger partial charge is 0.303 e.